The summed E-state index contributed by atoms with van der Waals surface area (Å²) in [6.07, 6.45) is 0. The monoisotopic (exact) mass is 324 g/mol. The van der Waals surface area contributed by atoms with Crippen LogP contribution in [0.15, 0.2) is 54.6 Å². The highest BCUT2D eigenvalue weighted by molar-refractivity contribution is 6.30. The van der Waals surface area contributed by atoms with Gasteiger partial charge in [0.25, 0.3) is 0 Å². The van der Waals surface area contributed by atoms with Crippen LogP contribution in [-0.2, 0) is 0 Å². The molecule has 0 unspecified atom stereocenters. The second-order valence-electron chi connectivity index (χ2n) is 5.34. The summed E-state index contributed by atoms with van der Waals surface area (Å²) in [6.45, 7) is 4.00. The van der Waals surface area contributed by atoms with Crippen molar-refractivity contribution in [2.75, 3.05) is 10.6 Å². The van der Waals surface area contributed by atoms with Crippen LogP contribution in [0.1, 0.15) is 11.3 Å². The van der Waals surface area contributed by atoms with Gasteiger partial charge in [0.05, 0.1) is 0 Å². The molecule has 23 heavy (non-hydrogen) atoms. The Morgan fingerprint density at radius 1 is 0.826 bits per heavy atom. The summed E-state index contributed by atoms with van der Waals surface area (Å²) >= 11 is 6.00. The summed E-state index contributed by atoms with van der Waals surface area (Å²) in [5.74, 6) is 1.27. The molecule has 3 rings (SSSR count). The Bertz CT molecular complexity index is 816. The molecule has 0 atom stereocenters. The third kappa shape index (κ3) is 4.20. The second kappa shape index (κ2) is 6.67. The Kier molecular flexibility index (Phi) is 4.44. The van der Waals surface area contributed by atoms with E-state index in [1.807, 2.05) is 49.4 Å². The number of hydrogen-bond acceptors (Lipinski definition) is 4. The molecule has 2 N–H and O–H groups in total. The third-order valence-electron chi connectivity index (χ3n) is 3.26. The van der Waals surface area contributed by atoms with Gasteiger partial charge >= 0.3 is 0 Å². The van der Waals surface area contributed by atoms with E-state index in [9.17, 15) is 0 Å². The van der Waals surface area contributed by atoms with E-state index in [2.05, 4.69) is 39.7 Å². The van der Waals surface area contributed by atoms with Crippen molar-refractivity contribution in [1.29, 1.82) is 0 Å². The fraction of sp³-hybridized carbons (Fsp3) is 0.111. The first-order valence-electron chi connectivity index (χ1n) is 7.30. The first-order valence-corrected chi connectivity index (χ1v) is 7.68. The topological polar surface area (TPSA) is 49.8 Å². The van der Waals surface area contributed by atoms with Crippen molar-refractivity contribution in [2.24, 2.45) is 0 Å². The van der Waals surface area contributed by atoms with E-state index < -0.39 is 0 Å². The molecule has 4 nitrogen and oxygen atoms in total. The molecule has 0 aliphatic rings. The van der Waals surface area contributed by atoms with Gasteiger partial charge in [0, 0.05) is 28.2 Å². The van der Waals surface area contributed by atoms with Crippen LogP contribution >= 0.6 is 11.6 Å². The zero-order valence-electron chi connectivity index (χ0n) is 13.0. The molecule has 0 aliphatic heterocycles. The zero-order chi connectivity index (χ0) is 16.2. The molecule has 5 heteroatoms. The number of rotatable bonds is 4. The number of benzene rings is 2. The van der Waals surface area contributed by atoms with E-state index in [1.54, 1.807) is 0 Å². The smallest absolute Gasteiger partial charge is 0.229 e. The van der Waals surface area contributed by atoms with Crippen molar-refractivity contribution in [2.45, 2.75) is 13.8 Å². The predicted octanol–water partition coefficient (Wildman–Crippen LogP) is 5.23. The van der Waals surface area contributed by atoms with Crippen molar-refractivity contribution < 1.29 is 0 Å². The third-order valence-corrected chi connectivity index (χ3v) is 3.49. The van der Waals surface area contributed by atoms with E-state index in [0.29, 0.717) is 11.0 Å². The van der Waals surface area contributed by atoms with Crippen molar-refractivity contribution in [3.63, 3.8) is 0 Å². The molecule has 0 bridgehead atoms. The molecule has 2 aromatic carbocycles. The Morgan fingerprint density at radius 2 is 1.61 bits per heavy atom. The van der Waals surface area contributed by atoms with Crippen molar-refractivity contribution in [1.82, 2.24) is 9.97 Å². The average molecular weight is 325 g/mol. The molecule has 0 aliphatic carbocycles. The molecule has 1 aromatic heterocycles. The lowest BCUT2D eigenvalue weighted by molar-refractivity contribution is 1.11. The molecular weight excluding hydrogens is 308 g/mol. The van der Waals surface area contributed by atoms with Gasteiger partial charge in [-0.05, 0) is 44.2 Å². The zero-order valence-corrected chi connectivity index (χ0v) is 13.7. The number of halogens is 1. The highest BCUT2D eigenvalue weighted by Gasteiger charge is 2.04. The normalized spacial score (nSPS) is 10.4. The van der Waals surface area contributed by atoms with Crippen molar-refractivity contribution >= 4 is 34.7 Å². The maximum absolute atomic E-state index is 6.00. The molecule has 0 spiro atoms. The van der Waals surface area contributed by atoms with E-state index in [1.165, 1.54) is 5.56 Å². The van der Waals surface area contributed by atoms with E-state index in [-0.39, 0.29) is 0 Å². The Labute approximate surface area is 140 Å². The molecule has 0 radical (unpaired) electrons. The summed E-state index contributed by atoms with van der Waals surface area (Å²) in [5, 5.41) is 7.13. The van der Waals surface area contributed by atoms with Crippen LogP contribution in [0.3, 0.4) is 0 Å². The predicted molar refractivity (Wildman–Crippen MR) is 96.0 cm³/mol. The van der Waals surface area contributed by atoms with Crippen LogP contribution in [-0.4, -0.2) is 9.97 Å². The number of aromatic nitrogens is 2. The summed E-state index contributed by atoms with van der Waals surface area (Å²) in [4.78, 5) is 8.91. The number of aryl methyl sites for hydroxylation is 2. The van der Waals surface area contributed by atoms with Crippen LogP contribution in [0, 0.1) is 13.8 Å². The van der Waals surface area contributed by atoms with E-state index in [4.69, 9.17) is 11.6 Å². The van der Waals surface area contributed by atoms with Crippen LogP contribution in [0.5, 0.6) is 0 Å². The molecule has 3 aromatic rings. The summed E-state index contributed by atoms with van der Waals surface area (Å²) in [5.41, 5.74) is 3.93. The summed E-state index contributed by atoms with van der Waals surface area (Å²) in [6, 6.07) is 17.5. The van der Waals surface area contributed by atoms with Gasteiger partial charge in [-0.25, -0.2) is 4.98 Å². The lowest BCUT2D eigenvalue weighted by Crippen LogP contribution is -2.02. The molecule has 1 heterocycles. The first kappa shape index (κ1) is 15.3. The maximum Gasteiger partial charge on any atom is 0.229 e. The van der Waals surface area contributed by atoms with Crippen molar-refractivity contribution in [3.05, 3.63) is 70.9 Å². The minimum absolute atomic E-state index is 0.530. The van der Waals surface area contributed by atoms with Crippen LogP contribution in [0.4, 0.5) is 23.1 Å². The molecule has 0 saturated heterocycles. The lowest BCUT2D eigenvalue weighted by Gasteiger charge is -2.10. The van der Waals surface area contributed by atoms with Crippen molar-refractivity contribution in [3.8, 4) is 0 Å². The molecule has 0 fully saturated rings. The molecule has 0 saturated carbocycles. The number of hydrogen-bond donors (Lipinski definition) is 2. The van der Waals surface area contributed by atoms with Gasteiger partial charge in [0.2, 0.25) is 5.95 Å². The van der Waals surface area contributed by atoms with Gasteiger partial charge in [0.1, 0.15) is 5.82 Å². The minimum atomic E-state index is 0.530. The van der Waals surface area contributed by atoms with E-state index >= 15 is 0 Å². The Balaban J connectivity index is 1.82. The lowest BCUT2D eigenvalue weighted by atomic mass is 10.2. The van der Waals surface area contributed by atoms with Gasteiger partial charge in [0.15, 0.2) is 0 Å². The van der Waals surface area contributed by atoms with Crippen LogP contribution in [0.25, 0.3) is 0 Å². The molecule has 0 amide bonds. The number of anilines is 4. The highest BCUT2D eigenvalue weighted by atomic mass is 35.5. The molecule has 116 valence electrons. The number of nitrogens with one attached hydrogen (secondary N) is 2. The standard InChI is InChI=1S/C18H17ClN4/c1-12-6-8-15(9-7-12)21-17-10-13(2)20-18(23-17)22-16-5-3-4-14(19)11-16/h3-11H,1-2H3,(H2,20,21,22,23). The SMILES string of the molecule is Cc1ccc(Nc2cc(C)nc(Nc3cccc(Cl)c3)n2)cc1. The quantitative estimate of drug-likeness (QED) is 0.689. The van der Waals surface area contributed by atoms with E-state index in [0.717, 1.165) is 22.9 Å². The summed E-state index contributed by atoms with van der Waals surface area (Å²) in [7, 11) is 0. The second-order valence-corrected chi connectivity index (χ2v) is 5.78. The minimum Gasteiger partial charge on any atom is -0.340 e. The highest BCUT2D eigenvalue weighted by Crippen LogP contribution is 2.21. The maximum atomic E-state index is 6.00. The fourth-order valence-electron chi connectivity index (χ4n) is 2.17. The van der Waals surface area contributed by atoms with Gasteiger partial charge in [-0.3, -0.25) is 0 Å². The van der Waals surface area contributed by atoms with Gasteiger partial charge in [-0.15, -0.1) is 0 Å². The van der Waals surface area contributed by atoms with Gasteiger partial charge < -0.3 is 10.6 Å². The average Bonchev–Trinajstić information content (AvgIpc) is 2.49. The molecular formula is C18H17ClN4. The Morgan fingerprint density at radius 3 is 2.35 bits per heavy atom. The Hall–Kier alpha value is -2.59. The van der Waals surface area contributed by atoms with Crippen LogP contribution in [0.2, 0.25) is 5.02 Å². The van der Waals surface area contributed by atoms with Gasteiger partial charge in [-0.2, -0.15) is 4.98 Å². The number of nitrogens with zero attached hydrogens (tertiary/aromatic N) is 2. The fourth-order valence-corrected chi connectivity index (χ4v) is 2.36. The first-order chi connectivity index (χ1) is 11.1. The van der Waals surface area contributed by atoms with Gasteiger partial charge in [-0.1, -0.05) is 35.4 Å². The summed E-state index contributed by atoms with van der Waals surface area (Å²) < 4.78 is 0. The van der Waals surface area contributed by atoms with Crippen LogP contribution < -0.4 is 10.6 Å². The largest absolute Gasteiger partial charge is 0.340 e.